The maximum Gasteiger partial charge on any atom is 0.130 e. The van der Waals surface area contributed by atoms with Gasteiger partial charge < -0.3 is 0 Å². The van der Waals surface area contributed by atoms with Crippen LogP contribution < -0.4 is 0 Å². The lowest BCUT2D eigenvalue weighted by atomic mass is 9.96. The number of fused-ring (bicyclic) bond motifs is 1. The Morgan fingerprint density at radius 1 is 0.517 bits per heavy atom. The molecule has 1 aromatic heterocycles. The molecule has 0 spiro atoms. The first kappa shape index (κ1) is 17.7. The molecule has 0 aliphatic rings. The molecule has 0 atom stereocenters. The first-order valence-corrected chi connectivity index (χ1v) is 9.97. The Balaban J connectivity index is 1.63. The van der Waals surface area contributed by atoms with Gasteiger partial charge in [-0.2, -0.15) is 0 Å². The number of nitrogens with zero attached hydrogens (tertiary/aromatic N) is 1. The highest BCUT2D eigenvalue weighted by atomic mass is 35.5. The van der Waals surface area contributed by atoms with E-state index in [9.17, 15) is 0 Å². The van der Waals surface area contributed by atoms with E-state index in [0.29, 0.717) is 5.15 Å². The average molecular weight is 392 g/mol. The van der Waals surface area contributed by atoms with Crippen LogP contribution in [-0.2, 0) is 0 Å². The lowest BCUT2D eigenvalue weighted by Gasteiger charge is -2.10. The summed E-state index contributed by atoms with van der Waals surface area (Å²) in [4.78, 5) is 4.59. The van der Waals surface area contributed by atoms with Gasteiger partial charge in [-0.15, -0.1) is 0 Å². The fourth-order valence-corrected chi connectivity index (χ4v) is 3.97. The van der Waals surface area contributed by atoms with Crippen molar-refractivity contribution in [1.82, 2.24) is 4.98 Å². The van der Waals surface area contributed by atoms with Crippen molar-refractivity contribution >= 4 is 22.4 Å². The molecule has 0 saturated heterocycles. The second-order valence-corrected chi connectivity index (χ2v) is 7.42. The average Bonchev–Trinajstić information content (AvgIpc) is 2.79. The number of aromatic nitrogens is 1. The highest BCUT2D eigenvalue weighted by Crippen LogP contribution is 2.33. The number of hydrogen-bond donors (Lipinski definition) is 0. The van der Waals surface area contributed by atoms with Crippen LogP contribution >= 0.6 is 11.6 Å². The summed E-state index contributed by atoms with van der Waals surface area (Å²) >= 11 is 6.37. The van der Waals surface area contributed by atoms with E-state index < -0.39 is 0 Å². The van der Waals surface area contributed by atoms with Crippen LogP contribution in [0.15, 0.2) is 109 Å². The van der Waals surface area contributed by atoms with Crippen molar-refractivity contribution in [3.8, 4) is 33.5 Å². The maximum absolute atomic E-state index is 6.37. The molecule has 1 nitrogen and oxygen atoms in total. The van der Waals surface area contributed by atoms with Crippen LogP contribution in [0.1, 0.15) is 0 Å². The molecule has 2 heteroatoms. The van der Waals surface area contributed by atoms with E-state index in [4.69, 9.17) is 11.6 Å². The van der Waals surface area contributed by atoms with Gasteiger partial charge in [0.05, 0.1) is 5.69 Å². The minimum Gasteiger partial charge on any atom is -0.236 e. The molecule has 138 valence electrons. The van der Waals surface area contributed by atoms with Crippen LogP contribution in [0.3, 0.4) is 0 Å². The van der Waals surface area contributed by atoms with Crippen LogP contribution in [0.5, 0.6) is 0 Å². The predicted molar refractivity (Wildman–Crippen MR) is 123 cm³/mol. The summed E-state index contributed by atoms with van der Waals surface area (Å²) in [6, 6.07) is 37.7. The van der Waals surface area contributed by atoms with Gasteiger partial charge in [0.1, 0.15) is 5.15 Å². The van der Waals surface area contributed by atoms with Crippen molar-refractivity contribution < 1.29 is 0 Å². The molecule has 0 aliphatic heterocycles. The van der Waals surface area contributed by atoms with E-state index in [2.05, 4.69) is 89.9 Å². The normalized spacial score (nSPS) is 10.9. The minimum atomic E-state index is 0.497. The van der Waals surface area contributed by atoms with Crippen molar-refractivity contribution in [2.45, 2.75) is 0 Å². The summed E-state index contributed by atoms with van der Waals surface area (Å²) in [5, 5.41) is 2.98. The van der Waals surface area contributed by atoms with Crippen LogP contribution in [0.4, 0.5) is 0 Å². The molecule has 29 heavy (non-hydrogen) atoms. The standard InChI is InChI=1S/C27H18ClN/c28-27-18-23(19-8-2-1-3-9-19)17-26(29-27)22-13-6-12-21(16-22)25-15-7-11-20-10-4-5-14-24(20)25/h1-18H. The van der Waals surface area contributed by atoms with Gasteiger partial charge in [-0.05, 0) is 51.2 Å². The van der Waals surface area contributed by atoms with Crippen LogP contribution in [0.25, 0.3) is 44.3 Å². The van der Waals surface area contributed by atoms with Crippen LogP contribution in [-0.4, -0.2) is 4.98 Å². The van der Waals surface area contributed by atoms with Crippen molar-refractivity contribution in [3.63, 3.8) is 0 Å². The zero-order valence-electron chi connectivity index (χ0n) is 15.7. The molecular formula is C27H18ClN. The van der Waals surface area contributed by atoms with Gasteiger partial charge >= 0.3 is 0 Å². The monoisotopic (exact) mass is 391 g/mol. The van der Waals surface area contributed by atoms with E-state index in [-0.39, 0.29) is 0 Å². The summed E-state index contributed by atoms with van der Waals surface area (Å²) in [7, 11) is 0. The van der Waals surface area contributed by atoms with Crippen molar-refractivity contribution in [2.75, 3.05) is 0 Å². The quantitative estimate of drug-likeness (QED) is 0.285. The topological polar surface area (TPSA) is 12.9 Å². The molecule has 5 aromatic rings. The fourth-order valence-electron chi connectivity index (χ4n) is 3.77. The largest absolute Gasteiger partial charge is 0.236 e. The molecule has 5 rings (SSSR count). The molecule has 0 bridgehead atoms. The predicted octanol–water partition coefficient (Wildman–Crippen LogP) is 7.89. The summed E-state index contributed by atoms with van der Waals surface area (Å²) in [6.07, 6.45) is 0. The second-order valence-electron chi connectivity index (χ2n) is 7.04. The van der Waals surface area contributed by atoms with E-state index >= 15 is 0 Å². The van der Waals surface area contributed by atoms with Gasteiger partial charge in [-0.25, -0.2) is 4.98 Å². The Bertz CT molecular complexity index is 1300. The fraction of sp³-hybridized carbons (Fsp3) is 0. The first-order chi connectivity index (χ1) is 14.3. The van der Waals surface area contributed by atoms with Crippen molar-refractivity contribution in [2.24, 2.45) is 0 Å². The lowest BCUT2D eigenvalue weighted by Crippen LogP contribution is -1.88. The van der Waals surface area contributed by atoms with Gasteiger partial charge in [0.2, 0.25) is 0 Å². The molecule has 0 unspecified atom stereocenters. The summed E-state index contributed by atoms with van der Waals surface area (Å²) in [6.45, 7) is 0. The Kier molecular flexibility index (Phi) is 4.59. The van der Waals surface area contributed by atoms with Gasteiger partial charge in [0, 0.05) is 5.56 Å². The molecule has 0 fully saturated rings. The van der Waals surface area contributed by atoms with Gasteiger partial charge in [0.15, 0.2) is 0 Å². The minimum absolute atomic E-state index is 0.497. The Morgan fingerprint density at radius 3 is 2.10 bits per heavy atom. The summed E-state index contributed by atoms with van der Waals surface area (Å²) in [5.74, 6) is 0. The highest BCUT2D eigenvalue weighted by Gasteiger charge is 2.09. The summed E-state index contributed by atoms with van der Waals surface area (Å²) in [5.41, 5.74) is 6.51. The Labute approximate surface area is 175 Å². The summed E-state index contributed by atoms with van der Waals surface area (Å²) < 4.78 is 0. The zero-order valence-corrected chi connectivity index (χ0v) is 16.5. The molecule has 0 amide bonds. The van der Waals surface area contributed by atoms with Crippen molar-refractivity contribution in [1.29, 1.82) is 0 Å². The van der Waals surface area contributed by atoms with E-state index in [1.807, 2.05) is 24.3 Å². The van der Waals surface area contributed by atoms with Crippen molar-refractivity contribution in [3.05, 3.63) is 114 Å². The van der Waals surface area contributed by atoms with Crippen LogP contribution in [0, 0.1) is 0 Å². The van der Waals surface area contributed by atoms with Crippen LogP contribution in [0.2, 0.25) is 5.15 Å². The Hall–Kier alpha value is -3.42. The molecule has 0 aliphatic carbocycles. The maximum atomic E-state index is 6.37. The van der Waals surface area contributed by atoms with Gasteiger partial charge in [-0.3, -0.25) is 0 Å². The number of hydrogen-bond acceptors (Lipinski definition) is 1. The number of pyridine rings is 1. The van der Waals surface area contributed by atoms with Gasteiger partial charge in [-0.1, -0.05) is 103 Å². The molecule has 0 saturated carbocycles. The highest BCUT2D eigenvalue weighted by molar-refractivity contribution is 6.29. The van der Waals surface area contributed by atoms with E-state index in [1.165, 1.54) is 21.9 Å². The first-order valence-electron chi connectivity index (χ1n) is 9.59. The number of halogens is 1. The Morgan fingerprint density at radius 2 is 1.21 bits per heavy atom. The zero-order chi connectivity index (χ0) is 19.6. The van der Waals surface area contributed by atoms with Gasteiger partial charge in [0.25, 0.3) is 0 Å². The molecule has 1 heterocycles. The molecule has 0 N–H and O–H groups in total. The second kappa shape index (κ2) is 7.54. The molecular weight excluding hydrogens is 374 g/mol. The third kappa shape index (κ3) is 3.53. The molecule has 0 radical (unpaired) electrons. The third-order valence-electron chi connectivity index (χ3n) is 5.16. The van der Waals surface area contributed by atoms with E-state index in [0.717, 1.165) is 22.4 Å². The van der Waals surface area contributed by atoms with E-state index in [1.54, 1.807) is 0 Å². The molecule has 4 aromatic carbocycles. The number of rotatable bonds is 3. The SMILES string of the molecule is Clc1cc(-c2ccccc2)cc(-c2cccc(-c3cccc4ccccc34)c2)n1. The number of benzene rings is 4. The lowest BCUT2D eigenvalue weighted by molar-refractivity contribution is 1.32. The smallest absolute Gasteiger partial charge is 0.130 e. The third-order valence-corrected chi connectivity index (χ3v) is 5.35.